The molecule has 1 aliphatic heterocycles. The van der Waals surface area contributed by atoms with E-state index in [-0.39, 0.29) is 5.91 Å². The summed E-state index contributed by atoms with van der Waals surface area (Å²) in [5.74, 6) is 1.86. The molecular weight excluding hydrogens is 186 g/mol. The fourth-order valence-electron chi connectivity index (χ4n) is 4.13. The van der Waals surface area contributed by atoms with E-state index in [1.807, 2.05) is 0 Å². The summed E-state index contributed by atoms with van der Waals surface area (Å²) in [4.78, 5) is 11.6. The molecule has 3 unspecified atom stereocenters. The van der Waals surface area contributed by atoms with Crippen LogP contribution in [0.5, 0.6) is 0 Å². The first-order valence-electron chi connectivity index (χ1n) is 6.35. The first-order chi connectivity index (χ1) is 7.05. The van der Waals surface area contributed by atoms with E-state index in [2.05, 4.69) is 26.1 Å². The van der Waals surface area contributed by atoms with Crippen molar-refractivity contribution in [3.63, 3.8) is 0 Å². The van der Waals surface area contributed by atoms with Crippen LogP contribution in [0.4, 0.5) is 0 Å². The maximum atomic E-state index is 11.6. The number of hydrogen-bond acceptors (Lipinski definition) is 1. The second-order valence-electron chi connectivity index (χ2n) is 5.92. The summed E-state index contributed by atoms with van der Waals surface area (Å²) < 4.78 is 0. The average Bonchev–Trinajstić information content (AvgIpc) is 2.39. The van der Waals surface area contributed by atoms with Crippen molar-refractivity contribution in [3.8, 4) is 0 Å². The van der Waals surface area contributed by atoms with Gasteiger partial charge in [0.25, 0.3) is 0 Å². The van der Waals surface area contributed by atoms with Gasteiger partial charge in [-0.2, -0.15) is 0 Å². The second-order valence-corrected chi connectivity index (χ2v) is 5.92. The summed E-state index contributed by atoms with van der Waals surface area (Å²) in [5, 5.41) is 3.17. The van der Waals surface area contributed by atoms with E-state index in [4.69, 9.17) is 0 Å². The van der Waals surface area contributed by atoms with Gasteiger partial charge in [0.1, 0.15) is 0 Å². The van der Waals surface area contributed by atoms with Crippen molar-refractivity contribution in [2.75, 3.05) is 0 Å². The fourth-order valence-corrected chi connectivity index (χ4v) is 4.13. The highest BCUT2D eigenvalue weighted by molar-refractivity contribution is 5.80. The minimum Gasteiger partial charge on any atom is -0.353 e. The standard InChI is InChI=1S/C13H23NO/c1-4-11-13(8-12(15)14-11)6-9(2)5-10(3)7-13/h9-11H,4-8H2,1-3H3,(H,14,15). The first-order valence-corrected chi connectivity index (χ1v) is 6.35. The van der Waals surface area contributed by atoms with Gasteiger partial charge in [-0.1, -0.05) is 20.8 Å². The van der Waals surface area contributed by atoms with Crippen LogP contribution in [-0.4, -0.2) is 11.9 Å². The van der Waals surface area contributed by atoms with Gasteiger partial charge in [-0.25, -0.2) is 0 Å². The summed E-state index contributed by atoms with van der Waals surface area (Å²) in [6.45, 7) is 6.88. The molecule has 2 rings (SSSR count). The molecule has 1 aliphatic carbocycles. The second kappa shape index (κ2) is 3.80. The molecule has 1 heterocycles. The van der Waals surface area contributed by atoms with Crippen LogP contribution in [-0.2, 0) is 4.79 Å². The van der Waals surface area contributed by atoms with Crippen LogP contribution in [0, 0.1) is 17.3 Å². The van der Waals surface area contributed by atoms with Crippen LogP contribution < -0.4 is 5.32 Å². The van der Waals surface area contributed by atoms with Gasteiger partial charge < -0.3 is 5.32 Å². The number of carbonyl (C=O) groups is 1. The van der Waals surface area contributed by atoms with Gasteiger partial charge in [-0.15, -0.1) is 0 Å². The van der Waals surface area contributed by atoms with E-state index in [9.17, 15) is 4.79 Å². The molecule has 1 spiro atoms. The number of hydrogen-bond donors (Lipinski definition) is 1. The molecule has 2 fully saturated rings. The topological polar surface area (TPSA) is 29.1 Å². The van der Waals surface area contributed by atoms with Crippen LogP contribution in [0.3, 0.4) is 0 Å². The molecule has 3 atom stereocenters. The molecule has 2 nitrogen and oxygen atoms in total. The molecule has 2 aliphatic rings. The Morgan fingerprint density at radius 2 is 1.93 bits per heavy atom. The molecule has 86 valence electrons. The molecular formula is C13H23NO. The quantitative estimate of drug-likeness (QED) is 0.707. The van der Waals surface area contributed by atoms with Crippen LogP contribution in [0.1, 0.15) is 52.9 Å². The monoisotopic (exact) mass is 209 g/mol. The van der Waals surface area contributed by atoms with Crippen molar-refractivity contribution >= 4 is 5.91 Å². The molecule has 0 aromatic heterocycles. The van der Waals surface area contributed by atoms with Gasteiger partial charge in [-0.05, 0) is 42.9 Å². The van der Waals surface area contributed by atoms with E-state index in [0.717, 1.165) is 24.7 Å². The minimum atomic E-state index is 0.281. The zero-order valence-electron chi connectivity index (χ0n) is 10.2. The van der Waals surface area contributed by atoms with E-state index >= 15 is 0 Å². The van der Waals surface area contributed by atoms with E-state index in [0.29, 0.717) is 11.5 Å². The summed E-state index contributed by atoms with van der Waals surface area (Å²) in [6.07, 6.45) is 5.70. The first kappa shape index (κ1) is 11.0. The van der Waals surface area contributed by atoms with E-state index < -0.39 is 0 Å². The van der Waals surface area contributed by atoms with Crippen LogP contribution in [0.15, 0.2) is 0 Å². The van der Waals surface area contributed by atoms with Gasteiger partial charge in [0.2, 0.25) is 5.91 Å². The highest BCUT2D eigenvalue weighted by Crippen LogP contribution is 2.49. The summed E-state index contributed by atoms with van der Waals surface area (Å²) in [7, 11) is 0. The van der Waals surface area contributed by atoms with E-state index in [1.54, 1.807) is 0 Å². The maximum absolute atomic E-state index is 11.6. The van der Waals surface area contributed by atoms with Crippen molar-refractivity contribution in [3.05, 3.63) is 0 Å². The molecule has 2 heteroatoms. The third-order valence-corrected chi connectivity index (χ3v) is 4.31. The van der Waals surface area contributed by atoms with Crippen molar-refractivity contribution < 1.29 is 4.79 Å². The van der Waals surface area contributed by atoms with Crippen molar-refractivity contribution in [1.29, 1.82) is 0 Å². The van der Waals surface area contributed by atoms with Gasteiger partial charge in [0.15, 0.2) is 0 Å². The lowest BCUT2D eigenvalue weighted by Crippen LogP contribution is -2.41. The Bertz CT molecular complexity index is 251. The lowest BCUT2D eigenvalue weighted by molar-refractivity contribution is -0.120. The highest BCUT2D eigenvalue weighted by Gasteiger charge is 2.49. The van der Waals surface area contributed by atoms with Gasteiger partial charge in [0, 0.05) is 12.5 Å². The van der Waals surface area contributed by atoms with E-state index in [1.165, 1.54) is 19.3 Å². The molecule has 1 saturated carbocycles. The third-order valence-electron chi connectivity index (χ3n) is 4.31. The molecule has 1 saturated heterocycles. The number of rotatable bonds is 1. The highest BCUT2D eigenvalue weighted by atomic mass is 16.2. The molecule has 0 bridgehead atoms. The molecule has 0 aromatic rings. The smallest absolute Gasteiger partial charge is 0.220 e. The van der Waals surface area contributed by atoms with Crippen molar-refractivity contribution in [2.45, 2.75) is 58.9 Å². The number of carbonyl (C=O) groups excluding carboxylic acids is 1. The Labute approximate surface area is 92.8 Å². The van der Waals surface area contributed by atoms with Gasteiger partial charge in [0.05, 0.1) is 0 Å². The number of nitrogens with one attached hydrogen (secondary N) is 1. The Hall–Kier alpha value is -0.530. The summed E-state index contributed by atoms with van der Waals surface area (Å²) in [6, 6.07) is 0.440. The summed E-state index contributed by atoms with van der Waals surface area (Å²) in [5.41, 5.74) is 0.295. The molecule has 1 amide bonds. The predicted octanol–water partition coefficient (Wildman–Crippen LogP) is 2.73. The Morgan fingerprint density at radius 3 is 2.47 bits per heavy atom. The zero-order chi connectivity index (χ0) is 11.1. The van der Waals surface area contributed by atoms with Crippen LogP contribution in [0.2, 0.25) is 0 Å². The van der Waals surface area contributed by atoms with Crippen LogP contribution in [0.25, 0.3) is 0 Å². The SMILES string of the molecule is CCC1NC(=O)CC12CC(C)CC(C)C2. The Morgan fingerprint density at radius 1 is 1.33 bits per heavy atom. The maximum Gasteiger partial charge on any atom is 0.220 e. The zero-order valence-corrected chi connectivity index (χ0v) is 10.2. The fraction of sp³-hybridized carbons (Fsp3) is 0.923. The molecule has 0 radical (unpaired) electrons. The predicted molar refractivity (Wildman–Crippen MR) is 61.5 cm³/mol. The number of amides is 1. The lowest BCUT2D eigenvalue weighted by atomic mass is 9.62. The van der Waals surface area contributed by atoms with Crippen molar-refractivity contribution in [1.82, 2.24) is 5.32 Å². The van der Waals surface area contributed by atoms with Gasteiger partial charge >= 0.3 is 0 Å². The van der Waals surface area contributed by atoms with Crippen LogP contribution >= 0.6 is 0 Å². The minimum absolute atomic E-state index is 0.281. The normalized spacial score (nSPS) is 45.8. The third kappa shape index (κ3) is 1.91. The Kier molecular flexibility index (Phi) is 2.78. The molecule has 15 heavy (non-hydrogen) atoms. The largest absolute Gasteiger partial charge is 0.353 e. The Balaban J connectivity index is 2.19. The summed E-state index contributed by atoms with van der Waals surface area (Å²) >= 11 is 0. The molecule has 0 aromatic carbocycles. The van der Waals surface area contributed by atoms with Gasteiger partial charge in [-0.3, -0.25) is 4.79 Å². The lowest BCUT2D eigenvalue weighted by Gasteiger charge is -2.43. The molecule has 1 N–H and O–H groups in total. The average molecular weight is 209 g/mol. The van der Waals surface area contributed by atoms with Crippen molar-refractivity contribution in [2.24, 2.45) is 17.3 Å².